The van der Waals surface area contributed by atoms with Gasteiger partial charge < -0.3 is 10.1 Å². The normalized spacial score (nSPS) is 26.6. The van der Waals surface area contributed by atoms with Crippen LogP contribution < -0.4 is 5.32 Å². The van der Waals surface area contributed by atoms with Crippen molar-refractivity contribution in [1.29, 1.82) is 0 Å². The molecule has 1 amide bonds. The van der Waals surface area contributed by atoms with Crippen molar-refractivity contribution >= 4 is 6.41 Å². The van der Waals surface area contributed by atoms with Gasteiger partial charge in [0.2, 0.25) is 6.41 Å². The molecule has 0 radical (unpaired) electrons. The van der Waals surface area contributed by atoms with E-state index in [0.29, 0.717) is 19.1 Å². The van der Waals surface area contributed by atoms with Gasteiger partial charge in [-0.15, -0.1) is 0 Å². The minimum Gasteiger partial charge on any atom is -0.371 e. The van der Waals surface area contributed by atoms with E-state index in [2.05, 4.69) is 5.32 Å². The van der Waals surface area contributed by atoms with Crippen LogP contribution in [0.1, 0.15) is 0 Å². The van der Waals surface area contributed by atoms with E-state index in [-0.39, 0.29) is 0 Å². The number of carbonyl (C=O) groups is 1. The fraction of sp³-hybridized carbons (Fsp3) is 0.750. The summed E-state index contributed by atoms with van der Waals surface area (Å²) in [6, 6.07) is 0. The molecule has 7 heavy (non-hydrogen) atoms. The second-order valence-electron chi connectivity index (χ2n) is 1.48. The van der Waals surface area contributed by atoms with E-state index in [9.17, 15) is 4.79 Å². The van der Waals surface area contributed by atoms with E-state index in [1.807, 2.05) is 0 Å². The molecule has 1 aliphatic heterocycles. The molecule has 0 aromatic heterocycles. The zero-order valence-electron chi connectivity index (χ0n) is 3.89. The molecule has 0 aromatic carbocycles. The highest BCUT2D eigenvalue weighted by Crippen LogP contribution is 2.05. The van der Waals surface area contributed by atoms with Crippen LogP contribution in [0.2, 0.25) is 0 Å². The van der Waals surface area contributed by atoms with E-state index >= 15 is 0 Å². The minimum atomic E-state index is 0.310. The maximum Gasteiger partial charge on any atom is 0.207 e. The maximum absolute atomic E-state index is 9.57. The smallest absolute Gasteiger partial charge is 0.207 e. The van der Waals surface area contributed by atoms with Crippen LogP contribution in [0.4, 0.5) is 0 Å². The number of rotatable bonds is 3. The van der Waals surface area contributed by atoms with Crippen LogP contribution in [0.3, 0.4) is 0 Å². The van der Waals surface area contributed by atoms with E-state index < -0.39 is 0 Å². The van der Waals surface area contributed by atoms with Crippen molar-refractivity contribution < 1.29 is 9.53 Å². The van der Waals surface area contributed by atoms with Crippen molar-refractivity contribution in [2.45, 2.75) is 6.10 Å². The maximum atomic E-state index is 9.57. The van der Waals surface area contributed by atoms with Gasteiger partial charge in [-0.3, -0.25) is 4.79 Å². The summed E-state index contributed by atoms with van der Waals surface area (Å²) in [5, 5.41) is 2.50. The predicted molar refractivity (Wildman–Crippen MR) is 23.8 cm³/mol. The Morgan fingerprint density at radius 1 is 2.00 bits per heavy atom. The van der Waals surface area contributed by atoms with Gasteiger partial charge in [-0.05, 0) is 0 Å². The largest absolute Gasteiger partial charge is 0.371 e. The van der Waals surface area contributed by atoms with Gasteiger partial charge in [0, 0.05) is 6.54 Å². The molecule has 1 atom stereocenters. The monoisotopic (exact) mass is 101 g/mol. The van der Waals surface area contributed by atoms with Gasteiger partial charge in [-0.2, -0.15) is 0 Å². The fourth-order valence-corrected chi connectivity index (χ4v) is 0.365. The minimum absolute atomic E-state index is 0.310. The Morgan fingerprint density at radius 2 is 2.71 bits per heavy atom. The molecule has 3 heteroatoms. The predicted octanol–water partition coefficient (Wildman–Crippen LogP) is -0.869. The SMILES string of the molecule is O=CNCC1CO1. The average molecular weight is 101 g/mol. The molecule has 1 saturated heterocycles. The lowest BCUT2D eigenvalue weighted by molar-refractivity contribution is -0.109. The van der Waals surface area contributed by atoms with Gasteiger partial charge in [0.1, 0.15) is 0 Å². The summed E-state index contributed by atoms with van der Waals surface area (Å²) < 4.78 is 4.79. The third-order valence-corrected chi connectivity index (χ3v) is 0.831. The first-order valence-electron chi connectivity index (χ1n) is 2.22. The molecule has 1 heterocycles. The standard InChI is InChI=1S/C4H7NO2/c6-3-5-1-4-2-7-4/h3-4H,1-2H2,(H,5,6). The molecule has 40 valence electrons. The fourth-order valence-electron chi connectivity index (χ4n) is 0.365. The van der Waals surface area contributed by atoms with E-state index in [4.69, 9.17) is 4.74 Å². The van der Waals surface area contributed by atoms with Crippen LogP contribution in [0, 0.1) is 0 Å². The molecule has 0 aromatic rings. The number of ether oxygens (including phenoxy) is 1. The van der Waals surface area contributed by atoms with Gasteiger partial charge >= 0.3 is 0 Å². The highest BCUT2D eigenvalue weighted by Gasteiger charge is 2.20. The molecule has 1 fully saturated rings. The summed E-state index contributed by atoms with van der Waals surface area (Å²) in [4.78, 5) is 9.57. The van der Waals surface area contributed by atoms with Crippen LogP contribution >= 0.6 is 0 Å². The van der Waals surface area contributed by atoms with Crippen LogP contribution in [0.15, 0.2) is 0 Å². The molecule has 1 N–H and O–H groups in total. The Labute approximate surface area is 41.7 Å². The Kier molecular flexibility index (Phi) is 1.26. The summed E-state index contributed by atoms with van der Waals surface area (Å²) in [7, 11) is 0. The molecular weight excluding hydrogens is 94.0 g/mol. The number of hydrogen-bond acceptors (Lipinski definition) is 2. The summed E-state index contributed by atoms with van der Waals surface area (Å²) in [5.41, 5.74) is 0. The average Bonchev–Trinajstić information content (AvgIpc) is 2.42. The third kappa shape index (κ3) is 1.55. The van der Waals surface area contributed by atoms with Gasteiger partial charge in [0.05, 0.1) is 12.7 Å². The lowest BCUT2D eigenvalue weighted by atomic mass is 10.5. The van der Waals surface area contributed by atoms with Crippen LogP contribution in [0.25, 0.3) is 0 Å². The Morgan fingerprint density at radius 3 is 3.14 bits per heavy atom. The number of nitrogens with one attached hydrogen (secondary N) is 1. The number of amides is 1. The molecule has 0 saturated carbocycles. The number of hydrogen-bond donors (Lipinski definition) is 1. The Balaban J connectivity index is 1.88. The second kappa shape index (κ2) is 1.93. The van der Waals surface area contributed by atoms with Gasteiger partial charge in [-0.25, -0.2) is 0 Å². The van der Waals surface area contributed by atoms with Crippen LogP contribution in [-0.4, -0.2) is 25.7 Å². The van der Waals surface area contributed by atoms with Gasteiger partial charge in [0.15, 0.2) is 0 Å². The molecule has 1 rings (SSSR count). The highest BCUT2D eigenvalue weighted by molar-refractivity contribution is 5.45. The molecular formula is C4H7NO2. The van der Waals surface area contributed by atoms with Crippen molar-refractivity contribution in [3.63, 3.8) is 0 Å². The zero-order valence-corrected chi connectivity index (χ0v) is 3.89. The quantitative estimate of drug-likeness (QED) is 0.371. The highest BCUT2D eigenvalue weighted by atomic mass is 16.6. The topological polar surface area (TPSA) is 41.6 Å². The molecule has 1 unspecified atom stereocenters. The molecule has 0 spiro atoms. The van der Waals surface area contributed by atoms with E-state index in [1.54, 1.807) is 0 Å². The summed E-state index contributed by atoms with van der Waals surface area (Å²) >= 11 is 0. The first-order chi connectivity index (χ1) is 3.43. The van der Waals surface area contributed by atoms with Crippen molar-refractivity contribution in [3.05, 3.63) is 0 Å². The van der Waals surface area contributed by atoms with Crippen LogP contribution in [0.5, 0.6) is 0 Å². The molecule has 1 aliphatic rings. The molecule has 0 bridgehead atoms. The zero-order chi connectivity index (χ0) is 5.11. The lowest BCUT2D eigenvalue weighted by Gasteiger charge is -1.86. The van der Waals surface area contributed by atoms with Crippen LogP contribution in [-0.2, 0) is 9.53 Å². The van der Waals surface area contributed by atoms with Crippen molar-refractivity contribution in [1.82, 2.24) is 5.32 Å². The first-order valence-corrected chi connectivity index (χ1v) is 2.22. The Hall–Kier alpha value is -0.570. The summed E-state index contributed by atoms with van der Waals surface area (Å²) in [5.74, 6) is 0. The molecule has 3 nitrogen and oxygen atoms in total. The molecule has 0 aliphatic carbocycles. The van der Waals surface area contributed by atoms with E-state index in [0.717, 1.165) is 6.61 Å². The summed E-state index contributed by atoms with van der Waals surface area (Å²) in [6.45, 7) is 1.48. The number of carbonyl (C=O) groups excluding carboxylic acids is 1. The van der Waals surface area contributed by atoms with Gasteiger partial charge in [-0.1, -0.05) is 0 Å². The Bertz CT molecular complexity index is 70.1. The van der Waals surface area contributed by atoms with Crippen molar-refractivity contribution in [3.8, 4) is 0 Å². The van der Waals surface area contributed by atoms with E-state index in [1.165, 1.54) is 0 Å². The second-order valence-corrected chi connectivity index (χ2v) is 1.48. The first kappa shape index (κ1) is 4.59. The summed E-state index contributed by atoms with van der Waals surface area (Å²) in [6.07, 6.45) is 0.993. The lowest BCUT2D eigenvalue weighted by Crippen LogP contribution is -2.16. The van der Waals surface area contributed by atoms with Gasteiger partial charge in [0.25, 0.3) is 0 Å². The number of epoxide rings is 1. The van der Waals surface area contributed by atoms with Crippen molar-refractivity contribution in [2.24, 2.45) is 0 Å². The van der Waals surface area contributed by atoms with Crippen molar-refractivity contribution in [2.75, 3.05) is 13.2 Å². The third-order valence-electron chi connectivity index (χ3n) is 0.831.